The standard InChI is InChI=1S/C11H11Cl2NO3S/c12-11-8(14-7-2-1-6-10(14)15)4-3-5-9(11)18(13,16)17/h3-5H,1-2,6-7H2. The molecule has 18 heavy (non-hydrogen) atoms. The number of carbonyl (C=O) groups is 1. The third-order valence-corrected chi connectivity index (χ3v) is 4.69. The topological polar surface area (TPSA) is 54.5 Å². The van der Waals surface area contributed by atoms with Gasteiger partial charge in [0.15, 0.2) is 0 Å². The van der Waals surface area contributed by atoms with Gasteiger partial charge in [0.1, 0.15) is 4.90 Å². The van der Waals surface area contributed by atoms with E-state index < -0.39 is 9.05 Å². The van der Waals surface area contributed by atoms with E-state index in [9.17, 15) is 13.2 Å². The van der Waals surface area contributed by atoms with Crippen molar-refractivity contribution in [2.75, 3.05) is 11.4 Å². The summed E-state index contributed by atoms with van der Waals surface area (Å²) in [6.07, 6.45) is 2.18. The van der Waals surface area contributed by atoms with Gasteiger partial charge < -0.3 is 4.90 Å². The smallest absolute Gasteiger partial charge is 0.262 e. The van der Waals surface area contributed by atoms with Crippen LogP contribution in [0.25, 0.3) is 0 Å². The molecule has 0 bridgehead atoms. The molecule has 1 aromatic rings. The van der Waals surface area contributed by atoms with Gasteiger partial charge in [-0.2, -0.15) is 0 Å². The molecule has 1 heterocycles. The van der Waals surface area contributed by atoms with Crippen molar-refractivity contribution >= 4 is 42.9 Å². The first kappa shape index (κ1) is 13.6. The number of amides is 1. The van der Waals surface area contributed by atoms with Crippen molar-refractivity contribution in [3.63, 3.8) is 0 Å². The van der Waals surface area contributed by atoms with Gasteiger partial charge in [0.05, 0.1) is 10.7 Å². The molecule has 2 rings (SSSR count). The van der Waals surface area contributed by atoms with Crippen molar-refractivity contribution in [2.24, 2.45) is 0 Å². The van der Waals surface area contributed by atoms with E-state index in [1.807, 2.05) is 0 Å². The number of carbonyl (C=O) groups excluding carboxylic acids is 1. The van der Waals surface area contributed by atoms with Crippen molar-refractivity contribution in [1.82, 2.24) is 0 Å². The molecule has 0 N–H and O–H groups in total. The normalized spacial score (nSPS) is 17.0. The Hall–Kier alpha value is -0.780. The fraction of sp³-hybridized carbons (Fsp3) is 0.364. The summed E-state index contributed by atoms with van der Waals surface area (Å²) in [6, 6.07) is 4.47. The number of rotatable bonds is 2. The molecule has 0 unspecified atom stereocenters. The summed E-state index contributed by atoms with van der Waals surface area (Å²) in [5.41, 5.74) is 0.406. The van der Waals surface area contributed by atoms with Crippen LogP contribution in [0.4, 0.5) is 5.69 Å². The van der Waals surface area contributed by atoms with Crippen molar-refractivity contribution in [2.45, 2.75) is 24.2 Å². The molecule has 0 spiro atoms. The number of hydrogen-bond acceptors (Lipinski definition) is 3. The van der Waals surface area contributed by atoms with Gasteiger partial charge in [-0.1, -0.05) is 17.7 Å². The van der Waals surface area contributed by atoms with E-state index >= 15 is 0 Å². The number of piperidine rings is 1. The van der Waals surface area contributed by atoms with E-state index in [1.165, 1.54) is 17.0 Å². The lowest BCUT2D eigenvalue weighted by Gasteiger charge is -2.27. The molecular weight excluding hydrogens is 297 g/mol. The third-order valence-electron chi connectivity index (χ3n) is 2.82. The number of anilines is 1. The summed E-state index contributed by atoms with van der Waals surface area (Å²) in [4.78, 5) is 13.1. The Morgan fingerprint density at radius 1 is 1.22 bits per heavy atom. The minimum Gasteiger partial charge on any atom is -0.311 e. The Bertz CT molecular complexity index is 586. The van der Waals surface area contributed by atoms with Crippen molar-refractivity contribution in [3.8, 4) is 0 Å². The first-order valence-corrected chi connectivity index (χ1v) is 8.13. The lowest BCUT2D eigenvalue weighted by atomic mass is 10.1. The van der Waals surface area contributed by atoms with Crippen LogP contribution >= 0.6 is 22.3 Å². The van der Waals surface area contributed by atoms with Crippen LogP contribution in [-0.4, -0.2) is 20.9 Å². The molecule has 1 aromatic carbocycles. The molecule has 4 nitrogen and oxygen atoms in total. The molecule has 0 saturated carbocycles. The molecule has 1 aliphatic heterocycles. The van der Waals surface area contributed by atoms with Gasteiger partial charge in [-0.15, -0.1) is 0 Å². The van der Waals surface area contributed by atoms with Crippen LogP contribution in [0.1, 0.15) is 19.3 Å². The van der Waals surface area contributed by atoms with Crippen molar-refractivity contribution < 1.29 is 13.2 Å². The zero-order valence-electron chi connectivity index (χ0n) is 9.40. The second kappa shape index (κ2) is 5.07. The first-order valence-electron chi connectivity index (χ1n) is 5.45. The van der Waals surface area contributed by atoms with Gasteiger partial charge in [-0.05, 0) is 25.0 Å². The number of benzene rings is 1. The Balaban J connectivity index is 2.49. The number of hydrogen-bond donors (Lipinski definition) is 0. The summed E-state index contributed by atoms with van der Waals surface area (Å²) in [5, 5.41) is 0.00255. The molecule has 7 heteroatoms. The van der Waals surface area contributed by atoms with E-state index in [0.717, 1.165) is 12.8 Å². The quantitative estimate of drug-likeness (QED) is 0.789. The van der Waals surface area contributed by atoms with Gasteiger partial charge in [-0.25, -0.2) is 8.42 Å². The lowest BCUT2D eigenvalue weighted by molar-refractivity contribution is -0.119. The first-order chi connectivity index (χ1) is 8.41. The van der Waals surface area contributed by atoms with E-state index in [4.69, 9.17) is 22.3 Å². The number of nitrogens with zero attached hydrogens (tertiary/aromatic N) is 1. The molecule has 0 atom stereocenters. The van der Waals surface area contributed by atoms with E-state index in [1.54, 1.807) is 6.07 Å². The molecule has 0 aliphatic carbocycles. The molecule has 1 fully saturated rings. The molecule has 0 radical (unpaired) electrons. The molecule has 1 amide bonds. The van der Waals surface area contributed by atoms with Crippen LogP contribution in [0.3, 0.4) is 0 Å². The maximum atomic E-state index is 11.8. The second-order valence-electron chi connectivity index (χ2n) is 4.03. The highest BCUT2D eigenvalue weighted by atomic mass is 35.7. The summed E-state index contributed by atoms with van der Waals surface area (Å²) in [5.74, 6) is -0.0488. The SMILES string of the molecule is O=C1CCCCN1c1cccc(S(=O)(=O)Cl)c1Cl. The van der Waals surface area contributed by atoms with Crippen molar-refractivity contribution in [1.29, 1.82) is 0 Å². The highest BCUT2D eigenvalue weighted by molar-refractivity contribution is 8.13. The average Bonchev–Trinajstić information content (AvgIpc) is 2.29. The lowest BCUT2D eigenvalue weighted by Crippen LogP contribution is -2.35. The predicted octanol–water partition coefficient (Wildman–Crippen LogP) is 2.78. The largest absolute Gasteiger partial charge is 0.311 e. The van der Waals surface area contributed by atoms with Gasteiger partial charge >= 0.3 is 0 Å². The Morgan fingerprint density at radius 2 is 1.94 bits per heavy atom. The highest BCUT2D eigenvalue weighted by Gasteiger charge is 2.25. The van der Waals surface area contributed by atoms with Crippen LogP contribution in [0, 0.1) is 0 Å². The third kappa shape index (κ3) is 2.63. The van der Waals surface area contributed by atoms with Gasteiger partial charge in [0.25, 0.3) is 9.05 Å². The van der Waals surface area contributed by atoms with Gasteiger partial charge in [-0.3, -0.25) is 4.79 Å². The second-order valence-corrected chi connectivity index (χ2v) is 6.94. The van der Waals surface area contributed by atoms with E-state index in [-0.39, 0.29) is 15.8 Å². The number of halogens is 2. The summed E-state index contributed by atoms with van der Waals surface area (Å²) < 4.78 is 22.7. The Kier molecular flexibility index (Phi) is 3.84. The molecule has 1 saturated heterocycles. The highest BCUT2D eigenvalue weighted by Crippen LogP contribution is 2.35. The molecule has 0 aromatic heterocycles. The summed E-state index contributed by atoms with van der Waals surface area (Å²) in [6.45, 7) is 0.546. The summed E-state index contributed by atoms with van der Waals surface area (Å²) >= 11 is 6.03. The van der Waals surface area contributed by atoms with Gasteiger partial charge in [0.2, 0.25) is 5.91 Å². The van der Waals surface area contributed by atoms with Crippen LogP contribution in [0.5, 0.6) is 0 Å². The fourth-order valence-electron chi connectivity index (χ4n) is 1.96. The zero-order chi connectivity index (χ0) is 13.3. The maximum absolute atomic E-state index is 11.8. The average molecular weight is 308 g/mol. The monoisotopic (exact) mass is 307 g/mol. The fourth-order valence-corrected chi connectivity index (χ4v) is 3.55. The van der Waals surface area contributed by atoms with E-state index in [0.29, 0.717) is 18.7 Å². The molecule has 1 aliphatic rings. The van der Waals surface area contributed by atoms with Gasteiger partial charge in [0, 0.05) is 23.6 Å². The van der Waals surface area contributed by atoms with Crippen LogP contribution in [0.2, 0.25) is 5.02 Å². The Morgan fingerprint density at radius 3 is 2.56 bits per heavy atom. The van der Waals surface area contributed by atoms with Crippen LogP contribution in [0.15, 0.2) is 23.1 Å². The zero-order valence-corrected chi connectivity index (χ0v) is 11.7. The maximum Gasteiger partial charge on any atom is 0.262 e. The van der Waals surface area contributed by atoms with Crippen LogP contribution < -0.4 is 4.90 Å². The minimum atomic E-state index is -3.91. The Labute approximate surface area is 115 Å². The summed E-state index contributed by atoms with van der Waals surface area (Å²) in [7, 11) is 1.39. The molecule has 98 valence electrons. The van der Waals surface area contributed by atoms with E-state index in [2.05, 4.69) is 0 Å². The minimum absolute atomic E-state index is 0.00255. The molecular formula is C11H11Cl2NO3S. The predicted molar refractivity (Wildman–Crippen MR) is 70.7 cm³/mol. The van der Waals surface area contributed by atoms with Crippen LogP contribution in [-0.2, 0) is 13.8 Å². The van der Waals surface area contributed by atoms with Crippen molar-refractivity contribution in [3.05, 3.63) is 23.2 Å².